The average molecular weight is 377 g/mol. The first-order chi connectivity index (χ1) is 13.4. The van der Waals surface area contributed by atoms with Gasteiger partial charge in [0.05, 0.1) is 11.1 Å². The van der Waals surface area contributed by atoms with E-state index in [-0.39, 0.29) is 5.52 Å². The van der Waals surface area contributed by atoms with Crippen molar-refractivity contribution in [2.75, 3.05) is 0 Å². The maximum absolute atomic E-state index is 13.5. The number of nitrogens with zero attached hydrogens (tertiary/aromatic N) is 1. The quantitative estimate of drug-likeness (QED) is 0.382. The maximum atomic E-state index is 13.5. The zero-order valence-electron chi connectivity index (χ0n) is 15.3. The molecule has 4 rings (SSSR count). The van der Waals surface area contributed by atoms with Crippen LogP contribution in [-0.2, 0) is 12.6 Å². The van der Waals surface area contributed by atoms with E-state index >= 15 is 0 Å². The van der Waals surface area contributed by atoms with Gasteiger partial charge in [-0.25, -0.2) is 0 Å². The topological polar surface area (TPSA) is 12.9 Å². The van der Waals surface area contributed by atoms with Gasteiger partial charge in [-0.3, -0.25) is 4.98 Å². The third-order valence-corrected chi connectivity index (χ3v) is 4.99. The van der Waals surface area contributed by atoms with Gasteiger partial charge >= 0.3 is 6.18 Å². The molecule has 4 aromatic rings. The lowest BCUT2D eigenvalue weighted by Gasteiger charge is -2.17. The molecular weight excluding hydrogens is 359 g/mol. The summed E-state index contributed by atoms with van der Waals surface area (Å²) in [5.41, 5.74) is 4.16. The Labute approximate surface area is 161 Å². The lowest BCUT2D eigenvalue weighted by molar-refractivity contribution is -0.136. The van der Waals surface area contributed by atoms with Crippen molar-refractivity contribution < 1.29 is 13.2 Å². The fourth-order valence-corrected chi connectivity index (χ4v) is 3.59. The predicted molar refractivity (Wildman–Crippen MR) is 106 cm³/mol. The molecule has 0 N–H and O–H groups in total. The van der Waals surface area contributed by atoms with Crippen LogP contribution in [0.15, 0.2) is 79.0 Å². The summed E-state index contributed by atoms with van der Waals surface area (Å²) in [4.78, 5) is 4.24. The molecule has 140 valence electrons. The lowest BCUT2D eigenvalue weighted by Crippen LogP contribution is -2.07. The van der Waals surface area contributed by atoms with Gasteiger partial charge in [0.2, 0.25) is 0 Å². The van der Waals surface area contributed by atoms with Crippen LogP contribution in [-0.4, -0.2) is 4.98 Å². The minimum atomic E-state index is -4.45. The molecule has 0 saturated heterocycles. The lowest BCUT2D eigenvalue weighted by atomic mass is 9.91. The number of benzene rings is 3. The summed E-state index contributed by atoms with van der Waals surface area (Å²) in [6.45, 7) is 2.04. The van der Waals surface area contributed by atoms with E-state index in [0.717, 1.165) is 33.9 Å². The van der Waals surface area contributed by atoms with E-state index in [9.17, 15) is 13.2 Å². The smallest absolute Gasteiger partial charge is 0.255 e. The molecule has 0 unspecified atom stereocenters. The summed E-state index contributed by atoms with van der Waals surface area (Å²) in [5, 5.41) is 0.520. The number of alkyl halides is 3. The summed E-state index contributed by atoms with van der Waals surface area (Å²) in [6.07, 6.45) is -2.25. The summed E-state index contributed by atoms with van der Waals surface area (Å²) in [7, 11) is 0. The first kappa shape index (κ1) is 18.2. The van der Waals surface area contributed by atoms with Crippen molar-refractivity contribution in [3.63, 3.8) is 0 Å². The van der Waals surface area contributed by atoms with Crippen molar-refractivity contribution >= 4 is 10.9 Å². The maximum Gasteiger partial charge on any atom is 0.418 e. The van der Waals surface area contributed by atoms with E-state index in [1.165, 1.54) is 6.07 Å². The molecule has 0 saturated carbocycles. The molecule has 0 aliphatic rings. The Bertz CT molecular complexity index is 1130. The van der Waals surface area contributed by atoms with Crippen LogP contribution in [0, 0.1) is 6.92 Å². The van der Waals surface area contributed by atoms with Gasteiger partial charge < -0.3 is 0 Å². The standard InChI is InChI=1S/C24H18F3N/c1-16-8-5-6-11-18(16)14-19-15-28-23-20(12-7-13-21(23)24(25,26)27)22(19)17-9-3-2-4-10-17/h2-13,15H,14H2,1H3. The van der Waals surface area contributed by atoms with Crippen molar-refractivity contribution in [1.82, 2.24) is 4.98 Å². The number of hydrogen-bond acceptors (Lipinski definition) is 1. The minimum absolute atomic E-state index is 0.0117. The van der Waals surface area contributed by atoms with Crippen LogP contribution in [0.4, 0.5) is 13.2 Å². The first-order valence-electron chi connectivity index (χ1n) is 9.03. The number of rotatable bonds is 3. The fourth-order valence-electron chi connectivity index (χ4n) is 3.59. The first-order valence-corrected chi connectivity index (χ1v) is 9.03. The second kappa shape index (κ2) is 7.12. The van der Waals surface area contributed by atoms with Gasteiger partial charge in [0.1, 0.15) is 0 Å². The molecule has 1 aromatic heterocycles. The highest BCUT2D eigenvalue weighted by molar-refractivity contribution is 5.97. The van der Waals surface area contributed by atoms with Crippen LogP contribution in [0.2, 0.25) is 0 Å². The molecule has 4 heteroatoms. The number of fused-ring (bicyclic) bond motifs is 1. The Morgan fingerprint density at radius 2 is 1.50 bits per heavy atom. The van der Waals surface area contributed by atoms with Crippen molar-refractivity contribution in [2.45, 2.75) is 19.5 Å². The van der Waals surface area contributed by atoms with Crippen molar-refractivity contribution in [1.29, 1.82) is 0 Å². The summed E-state index contributed by atoms with van der Waals surface area (Å²) >= 11 is 0. The van der Waals surface area contributed by atoms with Crippen LogP contribution in [0.1, 0.15) is 22.3 Å². The molecule has 0 aliphatic heterocycles. The van der Waals surface area contributed by atoms with Crippen LogP contribution < -0.4 is 0 Å². The van der Waals surface area contributed by atoms with E-state index in [0.29, 0.717) is 11.8 Å². The second-order valence-electron chi connectivity index (χ2n) is 6.83. The van der Waals surface area contributed by atoms with Gasteiger partial charge in [0, 0.05) is 11.6 Å². The third-order valence-electron chi connectivity index (χ3n) is 4.99. The van der Waals surface area contributed by atoms with Crippen molar-refractivity contribution in [3.8, 4) is 11.1 Å². The van der Waals surface area contributed by atoms with E-state index in [4.69, 9.17) is 0 Å². The largest absolute Gasteiger partial charge is 0.418 e. The highest BCUT2D eigenvalue weighted by atomic mass is 19.4. The Balaban J connectivity index is 1.99. The normalized spacial score (nSPS) is 11.7. The zero-order valence-corrected chi connectivity index (χ0v) is 15.3. The predicted octanol–water partition coefficient (Wildman–Crippen LogP) is 6.82. The molecule has 0 amide bonds. The summed E-state index contributed by atoms with van der Waals surface area (Å²) < 4.78 is 40.5. The number of pyridine rings is 1. The molecule has 0 aliphatic carbocycles. The summed E-state index contributed by atoms with van der Waals surface area (Å²) in [5.74, 6) is 0. The Morgan fingerprint density at radius 1 is 0.786 bits per heavy atom. The highest BCUT2D eigenvalue weighted by Crippen LogP contribution is 2.39. The van der Waals surface area contributed by atoms with Crippen molar-refractivity contribution in [2.24, 2.45) is 0 Å². The molecule has 28 heavy (non-hydrogen) atoms. The molecule has 1 nitrogen and oxygen atoms in total. The molecule has 1 heterocycles. The molecule has 3 aromatic carbocycles. The Hall–Kier alpha value is -3.14. The van der Waals surface area contributed by atoms with Gasteiger partial charge in [-0.05, 0) is 47.2 Å². The van der Waals surface area contributed by atoms with Crippen LogP contribution in [0.3, 0.4) is 0 Å². The SMILES string of the molecule is Cc1ccccc1Cc1cnc2c(C(F)(F)F)cccc2c1-c1ccccc1. The number of para-hydroxylation sites is 1. The number of aromatic nitrogens is 1. The summed E-state index contributed by atoms with van der Waals surface area (Å²) in [6, 6.07) is 21.8. The number of aryl methyl sites for hydroxylation is 1. The van der Waals surface area contributed by atoms with Gasteiger partial charge in [-0.2, -0.15) is 13.2 Å². The molecule has 0 radical (unpaired) electrons. The van der Waals surface area contributed by atoms with E-state index < -0.39 is 11.7 Å². The molecule has 0 spiro atoms. The molecule has 0 fully saturated rings. The third kappa shape index (κ3) is 3.38. The molecule has 0 atom stereocenters. The Kier molecular flexibility index (Phi) is 4.63. The van der Waals surface area contributed by atoms with Gasteiger partial charge in [-0.15, -0.1) is 0 Å². The van der Waals surface area contributed by atoms with Crippen LogP contribution >= 0.6 is 0 Å². The fraction of sp³-hybridized carbons (Fsp3) is 0.125. The van der Waals surface area contributed by atoms with Gasteiger partial charge in [0.25, 0.3) is 0 Å². The van der Waals surface area contributed by atoms with Gasteiger partial charge in [0.15, 0.2) is 0 Å². The van der Waals surface area contributed by atoms with E-state index in [1.54, 1.807) is 12.3 Å². The minimum Gasteiger partial charge on any atom is -0.255 e. The highest BCUT2D eigenvalue weighted by Gasteiger charge is 2.33. The monoisotopic (exact) mass is 377 g/mol. The molecular formula is C24H18F3N. The van der Waals surface area contributed by atoms with Crippen molar-refractivity contribution in [3.05, 3.63) is 101 Å². The van der Waals surface area contributed by atoms with Gasteiger partial charge in [-0.1, -0.05) is 66.7 Å². The zero-order chi connectivity index (χ0) is 19.7. The van der Waals surface area contributed by atoms with E-state index in [1.807, 2.05) is 61.5 Å². The second-order valence-corrected chi connectivity index (χ2v) is 6.83. The van der Waals surface area contributed by atoms with Crippen LogP contribution in [0.25, 0.3) is 22.0 Å². The number of hydrogen-bond donors (Lipinski definition) is 0. The number of halogens is 3. The Morgan fingerprint density at radius 3 is 2.21 bits per heavy atom. The average Bonchev–Trinajstić information content (AvgIpc) is 2.69. The van der Waals surface area contributed by atoms with Crippen LogP contribution in [0.5, 0.6) is 0 Å². The van der Waals surface area contributed by atoms with E-state index in [2.05, 4.69) is 4.98 Å². The molecule has 0 bridgehead atoms.